The van der Waals surface area contributed by atoms with Gasteiger partial charge in [-0.3, -0.25) is 0 Å². The van der Waals surface area contributed by atoms with E-state index >= 15 is 0 Å². The molecule has 1 aliphatic rings. The lowest BCUT2D eigenvalue weighted by molar-refractivity contribution is 0.211. The van der Waals surface area contributed by atoms with Crippen molar-refractivity contribution >= 4 is 10.0 Å². The molecular weight excluding hydrogens is 280 g/mol. The van der Waals surface area contributed by atoms with E-state index in [9.17, 15) is 8.42 Å². The van der Waals surface area contributed by atoms with Crippen LogP contribution in [0, 0.1) is 6.92 Å². The van der Waals surface area contributed by atoms with E-state index < -0.39 is 10.0 Å². The minimum Gasteiger partial charge on any atom is -0.462 e. The average Bonchev–Trinajstić information content (AvgIpc) is 2.80. The van der Waals surface area contributed by atoms with E-state index in [-0.39, 0.29) is 23.3 Å². The van der Waals surface area contributed by atoms with Crippen molar-refractivity contribution in [2.75, 3.05) is 19.6 Å². The number of aliphatic hydroxyl groups excluding tert-OH is 1. The molecular formula is C13H22N2O4S. The maximum absolute atomic E-state index is 12.4. The second kappa shape index (κ2) is 6.26. The SMILES string of the molecule is CCN1CCCC(NS(=O)(=O)c2cc(CO)oc2C)C1. The number of likely N-dealkylation sites (N-methyl/N-ethyl adjacent to an activating group) is 1. The van der Waals surface area contributed by atoms with Crippen molar-refractivity contribution in [3.05, 3.63) is 17.6 Å². The third kappa shape index (κ3) is 3.41. The largest absolute Gasteiger partial charge is 0.462 e. The lowest BCUT2D eigenvalue weighted by Gasteiger charge is -2.31. The van der Waals surface area contributed by atoms with Crippen LogP contribution in [-0.2, 0) is 16.6 Å². The van der Waals surface area contributed by atoms with Crippen molar-refractivity contribution in [2.45, 2.75) is 44.2 Å². The standard InChI is InChI=1S/C13H22N2O4S/c1-3-15-6-4-5-11(8-15)14-20(17,18)13-7-12(9-16)19-10(13)2/h7,11,14,16H,3-6,8-9H2,1-2H3. The first-order valence-corrected chi connectivity index (χ1v) is 8.39. The first-order chi connectivity index (χ1) is 9.46. The quantitative estimate of drug-likeness (QED) is 0.842. The summed E-state index contributed by atoms with van der Waals surface area (Å²) in [6.45, 7) is 6.05. The van der Waals surface area contributed by atoms with Crippen LogP contribution in [0.25, 0.3) is 0 Å². The summed E-state index contributed by atoms with van der Waals surface area (Å²) in [6.07, 6.45) is 1.84. The third-order valence-electron chi connectivity index (χ3n) is 3.64. The molecule has 6 nitrogen and oxygen atoms in total. The van der Waals surface area contributed by atoms with Crippen molar-refractivity contribution in [3.8, 4) is 0 Å². The molecule has 2 rings (SSSR count). The molecule has 0 bridgehead atoms. The Morgan fingerprint density at radius 2 is 2.30 bits per heavy atom. The molecule has 1 aromatic rings. The van der Waals surface area contributed by atoms with E-state index in [2.05, 4.69) is 16.5 Å². The second-order valence-electron chi connectivity index (χ2n) is 5.14. The normalized spacial score (nSPS) is 21.2. The molecule has 20 heavy (non-hydrogen) atoms. The highest BCUT2D eigenvalue weighted by Crippen LogP contribution is 2.21. The van der Waals surface area contributed by atoms with Gasteiger partial charge in [0.15, 0.2) is 0 Å². The molecule has 2 N–H and O–H groups in total. The van der Waals surface area contributed by atoms with E-state index in [0.717, 1.165) is 32.5 Å². The smallest absolute Gasteiger partial charge is 0.244 e. The van der Waals surface area contributed by atoms with Gasteiger partial charge in [-0.25, -0.2) is 13.1 Å². The van der Waals surface area contributed by atoms with Gasteiger partial charge in [-0.2, -0.15) is 0 Å². The van der Waals surface area contributed by atoms with Crippen LogP contribution in [-0.4, -0.2) is 44.1 Å². The molecule has 1 atom stereocenters. The Labute approximate surface area is 119 Å². The molecule has 0 aliphatic carbocycles. The number of likely N-dealkylation sites (tertiary alicyclic amines) is 1. The molecule has 0 radical (unpaired) electrons. The summed E-state index contributed by atoms with van der Waals surface area (Å²) >= 11 is 0. The van der Waals surface area contributed by atoms with Crippen LogP contribution >= 0.6 is 0 Å². The first-order valence-electron chi connectivity index (χ1n) is 6.91. The van der Waals surface area contributed by atoms with Crippen molar-refractivity contribution in [2.24, 2.45) is 0 Å². The van der Waals surface area contributed by atoms with Crippen molar-refractivity contribution < 1.29 is 17.9 Å². The lowest BCUT2D eigenvalue weighted by Crippen LogP contribution is -2.47. The van der Waals surface area contributed by atoms with Gasteiger partial charge in [0.2, 0.25) is 10.0 Å². The van der Waals surface area contributed by atoms with E-state index in [0.29, 0.717) is 5.76 Å². The molecule has 1 aromatic heterocycles. The van der Waals surface area contributed by atoms with Gasteiger partial charge >= 0.3 is 0 Å². The Morgan fingerprint density at radius 3 is 2.90 bits per heavy atom. The molecule has 1 fully saturated rings. The minimum atomic E-state index is -3.59. The van der Waals surface area contributed by atoms with Crippen LogP contribution in [0.5, 0.6) is 0 Å². The number of aryl methyl sites for hydroxylation is 1. The molecule has 2 heterocycles. The molecule has 0 amide bonds. The topological polar surface area (TPSA) is 82.8 Å². The van der Waals surface area contributed by atoms with Gasteiger partial charge in [-0.1, -0.05) is 6.92 Å². The maximum Gasteiger partial charge on any atom is 0.244 e. The predicted molar refractivity (Wildman–Crippen MR) is 74.8 cm³/mol. The van der Waals surface area contributed by atoms with Gasteiger partial charge in [0, 0.05) is 18.7 Å². The zero-order valence-electron chi connectivity index (χ0n) is 11.9. The van der Waals surface area contributed by atoms with Gasteiger partial charge in [-0.05, 0) is 32.9 Å². The Hall–Kier alpha value is -0.890. The highest BCUT2D eigenvalue weighted by atomic mass is 32.2. The summed E-state index contributed by atoms with van der Waals surface area (Å²) in [5.41, 5.74) is 0. The van der Waals surface area contributed by atoms with E-state index in [1.54, 1.807) is 6.92 Å². The van der Waals surface area contributed by atoms with E-state index in [4.69, 9.17) is 9.52 Å². The number of rotatable bonds is 5. The summed E-state index contributed by atoms with van der Waals surface area (Å²) < 4.78 is 32.7. The fourth-order valence-electron chi connectivity index (χ4n) is 2.59. The number of hydrogen-bond acceptors (Lipinski definition) is 5. The highest BCUT2D eigenvalue weighted by molar-refractivity contribution is 7.89. The second-order valence-corrected chi connectivity index (χ2v) is 6.83. The van der Waals surface area contributed by atoms with Crippen LogP contribution < -0.4 is 4.72 Å². The van der Waals surface area contributed by atoms with Crippen LogP contribution in [0.3, 0.4) is 0 Å². The monoisotopic (exact) mass is 302 g/mol. The molecule has 0 spiro atoms. The van der Waals surface area contributed by atoms with Crippen LogP contribution in [0.2, 0.25) is 0 Å². The average molecular weight is 302 g/mol. The minimum absolute atomic E-state index is 0.0689. The van der Waals surface area contributed by atoms with Crippen molar-refractivity contribution in [1.82, 2.24) is 9.62 Å². The summed E-state index contributed by atoms with van der Waals surface area (Å²) in [7, 11) is -3.59. The van der Waals surface area contributed by atoms with E-state index in [1.165, 1.54) is 6.07 Å². The highest BCUT2D eigenvalue weighted by Gasteiger charge is 2.27. The van der Waals surface area contributed by atoms with Crippen LogP contribution in [0.15, 0.2) is 15.4 Å². The molecule has 114 valence electrons. The molecule has 0 aromatic carbocycles. The number of furan rings is 1. The molecule has 1 saturated heterocycles. The third-order valence-corrected chi connectivity index (χ3v) is 5.27. The summed E-state index contributed by atoms with van der Waals surface area (Å²) in [5.74, 6) is 0.575. The molecule has 0 saturated carbocycles. The first kappa shape index (κ1) is 15.5. The van der Waals surface area contributed by atoms with Crippen molar-refractivity contribution in [1.29, 1.82) is 0 Å². The van der Waals surface area contributed by atoms with Gasteiger partial charge in [0.1, 0.15) is 23.0 Å². The van der Waals surface area contributed by atoms with E-state index in [1.807, 2.05) is 0 Å². The Kier molecular flexibility index (Phi) is 4.85. The summed E-state index contributed by atoms with van der Waals surface area (Å²) in [4.78, 5) is 2.35. The Bertz CT molecular complexity index is 553. The number of nitrogens with one attached hydrogen (secondary N) is 1. The number of piperidine rings is 1. The Morgan fingerprint density at radius 1 is 1.55 bits per heavy atom. The van der Waals surface area contributed by atoms with Gasteiger partial charge in [0.05, 0.1) is 0 Å². The Balaban J connectivity index is 2.12. The van der Waals surface area contributed by atoms with Crippen LogP contribution in [0.4, 0.5) is 0 Å². The fourth-order valence-corrected chi connectivity index (χ4v) is 4.06. The zero-order valence-corrected chi connectivity index (χ0v) is 12.7. The van der Waals surface area contributed by atoms with Gasteiger partial charge in [0.25, 0.3) is 0 Å². The van der Waals surface area contributed by atoms with Crippen molar-refractivity contribution in [3.63, 3.8) is 0 Å². The lowest BCUT2D eigenvalue weighted by atomic mass is 10.1. The molecule has 1 aliphatic heterocycles. The number of aliphatic hydroxyl groups is 1. The summed E-state index contributed by atoms with van der Waals surface area (Å²) in [6, 6.07) is 1.32. The number of sulfonamides is 1. The summed E-state index contributed by atoms with van der Waals surface area (Å²) in [5, 5.41) is 9.01. The fraction of sp³-hybridized carbons (Fsp3) is 0.692. The predicted octanol–water partition coefficient (Wildman–Crippen LogP) is 0.843. The number of hydrogen-bond donors (Lipinski definition) is 2. The molecule has 7 heteroatoms. The maximum atomic E-state index is 12.4. The van der Waals surface area contributed by atoms with Crippen LogP contribution in [0.1, 0.15) is 31.3 Å². The number of nitrogens with zero attached hydrogens (tertiary/aromatic N) is 1. The zero-order chi connectivity index (χ0) is 14.8. The molecule has 1 unspecified atom stereocenters. The van der Waals surface area contributed by atoms with Gasteiger partial charge < -0.3 is 14.4 Å². The van der Waals surface area contributed by atoms with Gasteiger partial charge in [-0.15, -0.1) is 0 Å².